The molecule has 0 amide bonds. The van der Waals surface area contributed by atoms with Crippen molar-refractivity contribution in [2.45, 2.75) is 34.2 Å². The van der Waals surface area contributed by atoms with E-state index >= 15 is 0 Å². The van der Waals surface area contributed by atoms with Crippen molar-refractivity contribution in [3.8, 4) is 5.69 Å². The minimum atomic E-state index is 0.536. The Morgan fingerprint density at radius 1 is 1.20 bits per heavy atom. The topological polar surface area (TPSA) is 66.7 Å². The number of rotatable bonds is 8. The van der Waals surface area contributed by atoms with Crippen molar-refractivity contribution in [3.05, 3.63) is 47.3 Å². The number of morpholine rings is 1. The van der Waals surface area contributed by atoms with E-state index in [9.17, 15) is 0 Å². The second-order valence-electron chi connectivity index (χ2n) is 8.06. The Morgan fingerprint density at radius 2 is 1.97 bits per heavy atom. The minimum absolute atomic E-state index is 0.536. The summed E-state index contributed by atoms with van der Waals surface area (Å²) in [6.45, 7) is 15.6. The fourth-order valence-corrected chi connectivity index (χ4v) is 3.79. The molecule has 7 heteroatoms. The van der Waals surface area contributed by atoms with Crippen LogP contribution in [0.3, 0.4) is 0 Å². The van der Waals surface area contributed by atoms with Gasteiger partial charge >= 0.3 is 0 Å². The Balaban J connectivity index is 1.63. The molecule has 0 aliphatic carbocycles. The number of aryl methyl sites for hydroxylation is 2. The number of guanidine groups is 1. The van der Waals surface area contributed by atoms with Crippen molar-refractivity contribution >= 4 is 5.96 Å². The van der Waals surface area contributed by atoms with Crippen LogP contribution in [-0.4, -0.2) is 66.6 Å². The van der Waals surface area contributed by atoms with Gasteiger partial charge in [-0.25, -0.2) is 9.67 Å². The minimum Gasteiger partial charge on any atom is -0.379 e. The van der Waals surface area contributed by atoms with Gasteiger partial charge in [0.1, 0.15) is 0 Å². The van der Waals surface area contributed by atoms with E-state index in [4.69, 9.17) is 9.73 Å². The first kappa shape index (κ1) is 22.3. The van der Waals surface area contributed by atoms with Gasteiger partial charge in [0.2, 0.25) is 0 Å². The predicted octanol–water partition coefficient (Wildman–Crippen LogP) is 2.51. The molecule has 1 unspecified atom stereocenters. The lowest BCUT2D eigenvalue weighted by molar-refractivity contribution is 0.0320. The molecular weight excluding hydrogens is 376 g/mol. The van der Waals surface area contributed by atoms with E-state index in [1.54, 1.807) is 0 Å². The highest BCUT2D eigenvalue weighted by atomic mass is 16.5. The fraction of sp³-hybridized carbons (Fsp3) is 0.565. The zero-order chi connectivity index (χ0) is 21.3. The maximum Gasteiger partial charge on any atom is 0.191 e. The van der Waals surface area contributed by atoms with Crippen molar-refractivity contribution in [3.63, 3.8) is 0 Å². The van der Waals surface area contributed by atoms with Gasteiger partial charge in [0, 0.05) is 38.4 Å². The number of nitrogens with one attached hydrogen (secondary N) is 2. The molecule has 1 aliphatic rings. The number of hydrogen-bond donors (Lipinski definition) is 2. The second-order valence-corrected chi connectivity index (χ2v) is 8.06. The van der Waals surface area contributed by atoms with E-state index in [0.29, 0.717) is 12.5 Å². The van der Waals surface area contributed by atoms with E-state index in [1.807, 2.05) is 11.6 Å². The van der Waals surface area contributed by atoms with Gasteiger partial charge in [-0.2, -0.15) is 5.10 Å². The van der Waals surface area contributed by atoms with E-state index in [2.05, 4.69) is 71.7 Å². The summed E-state index contributed by atoms with van der Waals surface area (Å²) < 4.78 is 7.45. The number of nitrogens with zero attached hydrogens (tertiary/aromatic N) is 4. The summed E-state index contributed by atoms with van der Waals surface area (Å²) >= 11 is 0. The van der Waals surface area contributed by atoms with Crippen molar-refractivity contribution in [1.82, 2.24) is 25.3 Å². The molecule has 1 aliphatic heterocycles. The summed E-state index contributed by atoms with van der Waals surface area (Å²) in [5.41, 5.74) is 4.40. The molecule has 0 spiro atoms. The van der Waals surface area contributed by atoms with Gasteiger partial charge in [-0.15, -0.1) is 0 Å². The van der Waals surface area contributed by atoms with E-state index in [-0.39, 0.29) is 0 Å². The lowest BCUT2D eigenvalue weighted by Crippen LogP contribution is -2.44. The molecule has 0 radical (unpaired) electrons. The van der Waals surface area contributed by atoms with Crippen LogP contribution in [0.1, 0.15) is 30.8 Å². The zero-order valence-electron chi connectivity index (χ0n) is 18.8. The summed E-state index contributed by atoms with van der Waals surface area (Å²) in [7, 11) is 0. The first-order chi connectivity index (χ1) is 14.6. The number of benzene rings is 1. The maximum atomic E-state index is 5.44. The molecule has 3 rings (SSSR count). The van der Waals surface area contributed by atoms with Crippen molar-refractivity contribution < 1.29 is 4.74 Å². The van der Waals surface area contributed by atoms with Crippen LogP contribution in [0.5, 0.6) is 0 Å². The summed E-state index contributed by atoms with van der Waals surface area (Å²) in [6, 6.07) is 10.4. The SMILES string of the molecule is CCNC(=NCc1ccccc1-n1nc(C)cc1C)NCC(C)CN1CCOCC1. The van der Waals surface area contributed by atoms with Crippen molar-refractivity contribution in [2.75, 3.05) is 45.9 Å². The molecule has 0 saturated carbocycles. The van der Waals surface area contributed by atoms with Gasteiger partial charge < -0.3 is 15.4 Å². The number of aromatic nitrogens is 2. The highest BCUT2D eigenvalue weighted by Gasteiger charge is 2.14. The third-order valence-corrected chi connectivity index (χ3v) is 5.27. The van der Waals surface area contributed by atoms with Gasteiger partial charge in [-0.05, 0) is 44.4 Å². The summed E-state index contributed by atoms with van der Waals surface area (Å²) in [4.78, 5) is 7.32. The van der Waals surface area contributed by atoms with Gasteiger partial charge in [0.15, 0.2) is 5.96 Å². The molecule has 1 fully saturated rings. The Morgan fingerprint density at radius 3 is 2.67 bits per heavy atom. The maximum absolute atomic E-state index is 5.44. The molecule has 2 aromatic rings. The van der Waals surface area contributed by atoms with Crippen LogP contribution >= 0.6 is 0 Å². The number of para-hydroxylation sites is 1. The third-order valence-electron chi connectivity index (χ3n) is 5.27. The molecule has 2 heterocycles. The summed E-state index contributed by atoms with van der Waals surface area (Å²) in [5, 5.41) is 11.5. The monoisotopic (exact) mass is 412 g/mol. The molecule has 1 atom stereocenters. The lowest BCUT2D eigenvalue weighted by Gasteiger charge is -2.29. The standard InChI is InChI=1S/C23H36N6O/c1-5-24-23(25-15-18(2)17-28-10-12-30-13-11-28)26-16-21-8-6-7-9-22(21)29-20(4)14-19(3)27-29/h6-9,14,18H,5,10-13,15-17H2,1-4H3,(H2,24,25,26). The van der Waals surface area contributed by atoms with Gasteiger partial charge in [0.05, 0.1) is 31.1 Å². The molecule has 0 bridgehead atoms. The zero-order valence-corrected chi connectivity index (χ0v) is 18.8. The quantitative estimate of drug-likeness (QED) is 0.515. The van der Waals surface area contributed by atoms with E-state index in [1.165, 1.54) is 0 Å². The number of ether oxygens (including phenoxy) is 1. The Bertz CT molecular complexity index is 825. The molecule has 1 aromatic carbocycles. The highest BCUT2D eigenvalue weighted by molar-refractivity contribution is 5.79. The molecule has 164 valence electrons. The second kappa shape index (κ2) is 11.1. The van der Waals surface area contributed by atoms with E-state index in [0.717, 1.165) is 74.5 Å². The summed E-state index contributed by atoms with van der Waals surface area (Å²) in [6.07, 6.45) is 0. The normalized spacial score (nSPS) is 16.5. The van der Waals surface area contributed by atoms with Gasteiger partial charge in [-0.3, -0.25) is 4.90 Å². The first-order valence-corrected chi connectivity index (χ1v) is 11.0. The molecule has 2 N–H and O–H groups in total. The average molecular weight is 413 g/mol. The van der Waals surface area contributed by atoms with Gasteiger partial charge in [-0.1, -0.05) is 25.1 Å². The summed E-state index contributed by atoms with van der Waals surface area (Å²) in [5.74, 6) is 1.39. The molecule has 30 heavy (non-hydrogen) atoms. The van der Waals surface area contributed by atoms with Crippen LogP contribution < -0.4 is 10.6 Å². The lowest BCUT2D eigenvalue weighted by atomic mass is 10.1. The van der Waals surface area contributed by atoms with Crippen molar-refractivity contribution in [1.29, 1.82) is 0 Å². The average Bonchev–Trinajstić information content (AvgIpc) is 3.09. The van der Waals surface area contributed by atoms with Crippen LogP contribution in [0, 0.1) is 19.8 Å². The Labute approximate surface area is 180 Å². The highest BCUT2D eigenvalue weighted by Crippen LogP contribution is 2.17. The van der Waals surface area contributed by atoms with Gasteiger partial charge in [0.25, 0.3) is 0 Å². The smallest absolute Gasteiger partial charge is 0.191 e. The van der Waals surface area contributed by atoms with Crippen LogP contribution in [0.25, 0.3) is 5.69 Å². The number of aliphatic imine (C=N–C) groups is 1. The van der Waals surface area contributed by atoms with Crippen LogP contribution in [0.2, 0.25) is 0 Å². The number of hydrogen-bond acceptors (Lipinski definition) is 4. The van der Waals surface area contributed by atoms with E-state index < -0.39 is 0 Å². The first-order valence-electron chi connectivity index (χ1n) is 11.0. The Hall–Kier alpha value is -2.38. The molecule has 1 aromatic heterocycles. The molecule has 7 nitrogen and oxygen atoms in total. The van der Waals surface area contributed by atoms with Crippen LogP contribution in [0.15, 0.2) is 35.3 Å². The molecule has 1 saturated heterocycles. The fourth-order valence-electron chi connectivity index (χ4n) is 3.79. The Kier molecular flexibility index (Phi) is 8.28. The molecular formula is C23H36N6O. The predicted molar refractivity (Wildman–Crippen MR) is 122 cm³/mol. The largest absolute Gasteiger partial charge is 0.379 e. The van der Waals surface area contributed by atoms with Crippen LogP contribution in [-0.2, 0) is 11.3 Å². The third kappa shape index (κ3) is 6.31. The van der Waals surface area contributed by atoms with Crippen LogP contribution in [0.4, 0.5) is 0 Å². The van der Waals surface area contributed by atoms with Crippen molar-refractivity contribution in [2.24, 2.45) is 10.9 Å².